The molecule has 1 amide bonds. The predicted molar refractivity (Wildman–Crippen MR) is 174 cm³/mol. The number of nitrogens with zero attached hydrogens (tertiary/aromatic N) is 1. The molecule has 0 radical (unpaired) electrons. The molecule has 2 heterocycles. The second kappa shape index (κ2) is 14.8. The third kappa shape index (κ3) is 8.36. The van der Waals surface area contributed by atoms with Gasteiger partial charge in [0.1, 0.15) is 0 Å². The normalized spacial score (nSPS) is 11.0. The molecule has 0 aliphatic heterocycles. The summed E-state index contributed by atoms with van der Waals surface area (Å²) in [5.74, 6) is 0.798. The number of rotatable bonds is 16. The van der Waals surface area contributed by atoms with Gasteiger partial charge in [-0.3, -0.25) is 19.2 Å². The molecule has 0 unspecified atom stereocenters. The monoisotopic (exact) mass is 739 g/mol. The summed E-state index contributed by atoms with van der Waals surface area (Å²) in [5.41, 5.74) is 0. The summed E-state index contributed by atoms with van der Waals surface area (Å²) in [4.78, 5) is 49.9. The van der Waals surface area contributed by atoms with E-state index in [1.165, 1.54) is 22.7 Å². The number of carboxylic acid groups (broad SMARTS) is 1. The Bertz CT molecular complexity index is 1660. The smallest absolute Gasteiger partial charge is 0.303 e. The number of carbonyl (C=O) groups is 4. The molecule has 4 rings (SSSR count). The van der Waals surface area contributed by atoms with Gasteiger partial charge in [0.05, 0.1) is 43.6 Å². The Balaban J connectivity index is 1.37. The molecule has 1 N–H and O–H groups in total. The Morgan fingerprint density at radius 3 is 1.91 bits per heavy atom. The number of fused-ring (bicyclic) bond motifs is 2. The molecular weight excluding hydrogens is 709 g/mol. The number of aliphatic carboxylic acids is 1. The van der Waals surface area contributed by atoms with Gasteiger partial charge in [0.15, 0.2) is 32.6 Å². The highest BCUT2D eigenvalue weighted by molar-refractivity contribution is 14.1. The average Bonchev–Trinajstić information content (AvgIpc) is 3.60. The topological polar surface area (TPSA) is 129 Å². The summed E-state index contributed by atoms with van der Waals surface area (Å²) in [6, 6.07) is 10.9. The number of thiophene rings is 2. The number of Topliss-reactive ketones (excluding diaryl/α,β-unsaturated/α-hetero) is 1. The lowest BCUT2D eigenvalue weighted by molar-refractivity contribution is -0.137. The van der Waals surface area contributed by atoms with E-state index in [4.69, 9.17) is 24.1 Å². The van der Waals surface area contributed by atoms with Crippen molar-refractivity contribution >= 4 is 86.9 Å². The van der Waals surface area contributed by atoms with E-state index in [0.29, 0.717) is 65.4 Å². The van der Waals surface area contributed by atoms with Gasteiger partial charge in [0.25, 0.3) is 5.91 Å². The minimum Gasteiger partial charge on any atom is -0.493 e. The van der Waals surface area contributed by atoms with Crippen LogP contribution in [0.4, 0.5) is 0 Å². The highest BCUT2D eigenvalue weighted by Gasteiger charge is 2.18. The fourth-order valence-corrected chi connectivity index (χ4v) is 6.54. The number of benzene rings is 2. The van der Waals surface area contributed by atoms with Crippen molar-refractivity contribution < 1.29 is 43.2 Å². The minimum absolute atomic E-state index is 0.00573. The lowest BCUT2D eigenvalue weighted by Crippen LogP contribution is -2.27. The van der Waals surface area contributed by atoms with Gasteiger partial charge in [-0.25, -0.2) is 0 Å². The quantitative estimate of drug-likeness (QED) is 0.0597. The van der Waals surface area contributed by atoms with Crippen LogP contribution in [0.1, 0.15) is 45.0 Å². The van der Waals surface area contributed by atoms with Crippen LogP contribution in [0, 0.1) is 0 Å². The summed E-state index contributed by atoms with van der Waals surface area (Å²) >= 11 is 4.38. The zero-order valence-electron chi connectivity index (χ0n) is 23.8. The summed E-state index contributed by atoms with van der Waals surface area (Å²) in [5, 5.41) is 10.5. The second-order valence-electron chi connectivity index (χ2n) is 9.50. The van der Waals surface area contributed by atoms with Gasteiger partial charge in [0.2, 0.25) is 0 Å². The Morgan fingerprint density at radius 1 is 0.767 bits per heavy atom. The van der Waals surface area contributed by atoms with Gasteiger partial charge < -0.3 is 29.0 Å². The van der Waals surface area contributed by atoms with Crippen molar-refractivity contribution in [1.82, 2.24) is 4.90 Å². The average molecular weight is 740 g/mol. The van der Waals surface area contributed by atoms with Crippen molar-refractivity contribution in [3.8, 4) is 23.0 Å². The molecule has 228 valence electrons. The molecule has 10 nitrogen and oxygen atoms in total. The van der Waals surface area contributed by atoms with Crippen LogP contribution in [-0.2, 0) is 9.59 Å². The summed E-state index contributed by atoms with van der Waals surface area (Å²) in [6.45, 7) is 1.04. The standard InChI is InChI=1S/C30H30INO9S2/c1-32(8-7-28(31)34)30(37)27-14-17-11-20(38-2)23(16-25(17)43-27)41-10-4-9-40-22-12-18-13-26(19(33)5-6-29(35)36)42-24(18)15-21(22)39-3/h11-16H,4-10H2,1-3H3,(H,35,36). The molecular formula is C30H30INO9S2. The summed E-state index contributed by atoms with van der Waals surface area (Å²) in [7, 11) is 4.78. The number of hydrogen-bond donors (Lipinski definition) is 1. The first kappa shape index (κ1) is 32.5. The van der Waals surface area contributed by atoms with E-state index in [1.807, 2.05) is 24.3 Å². The maximum absolute atomic E-state index is 12.8. The van der Waals surface area contributed by atoms with Crippen LogP contribution < -0.4 is 18.9 Å². The molecule has 43 heavy (non-hydrogen) atoms. The molecule has 0 aliphatic carbocycles. The van der Waals surface area contributed by atoms with Gasteiger partial charge in [-0.15, -0.1) is 22.7 Å². The van der Waals surface area contributed by atoms with Crippen LogP contribution in [0.3, 0.4) is 0 Å². The van der Waals surface area contributed by atoms with E-state index in [1.54, 1.807) is 60.9 Å². The van der Waals surface area contributed by atoms with Crippen molar-refractivity contribution in [2.75, 3.05) is 41.0 Å². The maximum Gasteiger partial charge on any atom is 0.303 e. The maximum atomic E-state index is 12.8. The van der Waals surface area contributed by atoms with Crippen LogP contribution in [0.15, 0.2) is 36.4 Å². The van der Waals surface area contributed by atoms with E-state index in [9.17, 15) is 19.2 Å². The Hall–Kier alpha value is -3.43. The van der Waals surface area contributed by atoms with Gasteiger partial charge in [-0.05, 0) is 57.6 Å². The first-order valence-electron chi connectivity index (χ1n) is 13.3. The molecule has 0 bridgehead atoms. The second-order valence-corrected chi connectivity index (χ2v) is 12.9. The van der Waals surface area contributed by atoms with Gasteiger partial charge >= 0.3 is 5.97 Å². The van der Waals surface area contributed by atoms with Crippen LogP contribution in [0.25, 0.3) is 20.2 Å². The van der Waals surface area contributed by atoms with E-state index < -0.39 is 5.97 Å². The molecule has 0 saturated carbocycles. The molecule has 0 saturated heterocycles. The largest absolute Gasteiger partial charge is 0.493 e. The van der Waals surface area contributed by atoms with Crippen molar-refractivity contribution in [2.45, 2.75) is 25.7 Å². The number of carbonyl (C=O) groups excluding carboxylic acids is 3. The zero-order valence-corrected chi connectivity index (χ0v) is 27.6. The van der Waals surface area contributed by atoms with E-state index in [0.717, 1.165) is 20.2 Å². The Kier molecular flexibility index (Phi) is 11.2. The molecule has 2 aromatic carbocycles. The minimum atomic E-state index is -1.01. The zero-order chi connectivity index (χ0) is 31.1. The number of ketones is 1. The van der Waals surface area contributed by atoms with Crippen LogP contribution in [0.2, 0.25) is 0 Å². The van der Waals surface area contributed by atoms with E-state index >= 15 is 0 Å². The molecule has 2 aromatic heterocycles. The molecule has 0 atom stereocenters. The third-order valence-electron chi connectivity index (χ3n) is 6.45. The fraction of sp³-hybridized carbons (Fsp3) is 0.333. The van der Waals surface area contributed by atoms with Crippen LogP contribution in [0.5, 0.6) is 23.0 Å². The molecule has 4 aromatic rings. The first-order valence-corrected chi connectivity index (χ1v) is 16.0. The van der Waals surface area contributed by atoms with E-state index in [-0.39, 0.29) is 28.3 Å². The van der Waals surface area contributed by atoms with Crippen LogP contribution >= 0.6 is 45.3 Å². The lowest BCUT2D eigenvalue weighted by atomic mass is 10.1. The third-order valence-corrected chi connectivity index (χ3v) is 9.22. The highest BCUT2D eigenvalue weighted by atomic mass is 127. The summed E-state index contributed by atoms with van der Waals surface area (Å²) in [6.07, 6.45) is 0.600. The number of amides is 1. The van der Waals surface area contributed by atoms with Crippen molar-refractivity contribution in [3.05, 3.63) is 46.2 Å². The van der Waals surface area contributed by atoms with Crippen molar-refractivity contribution in [2.24, 2.45) is 0 Å². The summed E-state index contributed by atoms with van der Waals surface area (Å²) < 4.78 is 24.7. The SMILES string of the molecule is COc1cc2sc(C(=O)CCC(=O)O)cc2cc1OCCCOc1cc2sc(C(=O)N(C)CCC(=O)I)cc2cc1OC. The number of methoxy groups -OCH3 is 2. The predicted octanol–water partition coefficient (Wildman–Crippen LogP) is 6.45. The number of halogens is 1. The molecule has 13 heteroatoms. The Morgan fingerprint density at radius 2 is 1.30 bits per heavy atom. The highest BCUT2D eigenvalue weighted by Crippen LogP contribution is 2.38. The van der Waals surface area contributed by atoms with Crippen molar-refractivity contribution in [1.29, 1.82) is 0 Å². The fourth-order valence-electron chi connectivity index (χ4n) is 4.19. The number of carboxylic acids is 1. The molecule has 0 aliphatic rings. The first-order chi connectivity index (χ1) is 20.6. The number of ether oxygens (including phenoxy) is 4. The van der Waals surface area contributed by atoms with Crippen molar-refractivity contribution in [3.63, 3.8) is 0 Å². The van der Waals surface area contributed by atoms with Gasteiger partial charge in [-0.1, -0.05) is 0 Å². The molecule has 0 spiro atoms. The Labute approximate surface area is 269 Å². The van der Waals surface area contributed by atoms with E-state index in [2.05, 4.69) is 0 Å². The van der Waals surface area contributed by atoms with Gasteiger partial charge in [-0.2, -0.15) is 0 Å². The molecule has 0 fully saturated rings. The lowest BCUT2D eigenvalue weighted by Gasteiger charge is -2.14. The van der Waals surface area contributed by atoms with Gasteiger partial charge in [0, 0.05) is 54.4 Å². The number of hydrogen-bond acceptors (Lipinski definition) is 10. The van der Waals surface area contributed by atoms with Crippen LogP contribution in [-0.4, -0.2) is 72.5 Å².